The molecule has 2 N–H and O–H groups in total. The Morgan fingerprint density at radius 2 is 2.37 bits per heavy atom. The first kappa shape index (κ1) is 14.1. The summed E-state index contributed by atoms with van der Waals surface area (Å²) < 4.78 is 5.48. The number of piperidine rings is 1. The van der Waals surface area contributed by atoms with Crippen LogP contribution in [0.3, 0.4) is 0 Å². The van der Waals surface area contributed by atoms with Gasteiger partial charge in [-0.1, -0.05) is 13.3 Å². The van der Waals surface area contributed by atoms with Gasteiger partial charge in [-0.15, -0.1) is 0 Å². The van der Waals surface area contributed by atoms with E-state index in [0.717, 1.165) is 50.3 Å². The first-order valence-corrected chi connectivity index (χ1v) is 7.21. The van der Waals surface area contributed by atoms with E-state index in [2.05, 4.69) is 17.6 Å². The van der Waals surface area contributed by atoms with Crippen molar-refractivity contribution < 1.29 is 9.21 Å². The van der Waals surface area contributed by atoms with Gasteiger partial charge in [-0.25, -0.2) is 0 Å². The Hall–Kier alpha value is -1.29. The first-order valence-electron chi connectivity index (χ1n) is 7.21. The van der Waals surface area contributed by atoms with Crippen LogP contribution in [0.5, 0.6) is 0 Å². The van der Waals surface area contributed by atoms with Crippen LogP contribution in [-0.4, -0.2) is 19.0 Å². The standard InChI is InChI=1S/C15H24N2O2/c1-3-7-15(8-4-9-16-11-15)14(18)17-10-13-6-5-12(2)19-13/h5-6,16H,3-4,7-11H2,1-2H3,(H,17,18). The summed E-state index contributed by atoms with van der Waals surface area (Å²) >= 11 is 0. The number of carbonyl (C=O) groups excluding carboxylic acids is 1. The second-order valence-electron chi connectivity index (χ2n) is 5.51. The molecule has 1 atom stereocenters. The van der Waals surface area contributed by atoms with Crippen molar-refractivity contribution in [1.29, 1.82) is 0 Å². The summed E-state index contributed by atoms with van der Waals surface area (Å²) in [5.41, 5.74) is -0.228. The molecule has 0 aromatic carbocycles. The van der Waals surface area contributed by atoms with E-state index in [9.17, 15) is 4.79 Å². The predicted molar refractivity (Wildman–Crippen MR) is 74.7 cm³/mol. The zero-order valence-electron chi connectivity index (χ0n) is 11.9. The maximum absolute atomic E-state index is 12.5. The van der Waals surface area contributed by atoms with Gasteiger partial charge in [-0.3, -0.25) is 4.79 Å². The second kappa shape index (κ2) is 6.24. The predicted octanol–water partition coefficient (Wildman–Crippen LogP) is 2.37. The Bertz CT molecular complexity index is 414. The molecule has 0 saturated carbocycles. The Morgan fingerprint density at radius 1 is 1.53 bits per heavy atom. The lowest BCUT2D eigenvalue weighted by Gasteiger charge is -2.36. The highest BCUT2D eigenvalue weighted by molar-refractivity contribution is 5.83. The number of nitrogens with one attached hydrogen (secondary N) is 2. The molecule has 1 unspecified atom stereocenters. The van der Waals surface area contributed by atoms with Crippen molar-refractivity contribution in [2.24, 2.45) is 5.41 Å². The minimum absolute atomic E-state index is 0.163. The van der Waals surface area contributed by atoms with Crippen molar-refractivity contribution in [3.63, 3.8) is 0 Å². The molecule has 19 heavy (non-hydrogen) atoms. The fraction of sp³-hybridized carbons (Fsp3) is 0.667. The van der Waals surface area contributed by atoms with Crippen molar-refractivity contribution in [2.45, 2.75) is 46.1 Å². The molecule has 1 fully saturated rings. The molecule has 4 nitrogen and oxygen atoms in total. The Kier molecular flexibility index (Phi) is 4.64. The monoisotopic (exact) mass is 264 g/mol. The van der Waals surface area contributed by atoms with Crippen LogP contribution in [0.25, 0.3) is 0 Å². The van der Waals surface area contributed by atoms with Crippen molar-refractivity contribution in [3.05, 3.63) is 23.7 Å². The lowest BCUT2D eigenvalue weighted by atomic mass is 9.76. The zero-order chi connectivity index (χ0) is 13.7. The highest BCUT2D eigenvalue weighted by atomic mass is 16.3. The molecule has 1 amide bonds. The molecule has 1 aliphatic heterocycles. The molecular formula is C15H24N2O2. The topological polar surface area (TPSA) is 54.3 Å². The van der Waals surface area contributed by atoms with Crippen molar-refractivity contribution in [1.82, 2.24) is 10.6 Å². The van der Waals surface area contributed by atoms with E-state index >= 15 is 0 Å². The van der Waals surface area contributed by atoms with Gasteiger partial charge in [0.25, 0.3) is 0 Å². The Labute approximate surface area is 114 Å². The van der Waals surface area contributed by atoms with Crippen LogP contribution < -0.4 is 10.6 Å². The smallest absolute Gasteiger partial charge is 0.227 e. The average molecular weight is 264 g/mol. The zero-order valence-corrected chi connectivity index (χ0v) is 11.9. The molecule has 4 heteroatoms. The van der Waals surface area contributed by atoms with Crippen LogP contribution in [0.4, 0.5) is 0 Å². The lowest BCUT2D eigenvalue weighted by Crippen LogP contribution is -2.50. The van der Waals surface area contributed by atoms with Crippen LogP contribution in [0.1, 0.15) is 44.1 Å². The third-order valence-electron chi connectivity index (χ3n) is 3.90. The molecule has 1 aromatic heterocycles. The first-order chi connectivity index (χ1) is 9.16. The summed E-state index contributed by atoms with van der Waals surface area (Å²) in [5, 5.41) is 6.39. The van der Waals surface area contributed by atoms with E-state index in [0.29, 0.717) is 6.54 Å². The fourth-order valence-electron chi connectivity index (χ4n) is 2.90. The number of rotatable bonds is 5. The summed E-state index contributed by atoms with van der Waals surface area (Å²) in [6.45, 7) is 6.35. The Balaban J connectivity index is 1.95. The molecule has 2 rings (SSSR count). The van der Waals surface area contributed by atoms with Gasteiger partial charge in [0.1, 0.15) is 11.5 Å². The molecule has 2 heterocycles. The summed E-state index contributed by atoms with van der Waals surface area (Å²) in [4.78, 5) is 12.5. The van der Waals surface area contributed by atoms with Crippen molar-refractivity contribution >= 4 is 5.91 Å². The average Bonchev–Trinajstić information content (AvgIpc) is 2.83. The van der Waals surface area contributed by atoms with E-state index in [4.69, 9.17) is 4.42 Å². The summed E-state index contributed by atoms with van der Waals surface area (Å²) in [6, 6.07) is 3.84. The van der Waals surface area contributed by atoms with E-state index in [-0.39, 0.29) is 11.3 Å². The number of amides is 1. The molecule has 0 spiro atoms. The molecule has 0 bridgehead atoms. The Morgan fingerprint density at radius 3 is 2.95 bits per heavy atom. The molecule has 1 saturated heterocycles. The van der Waals surface area contributed by atoms with Gasteiger partial charge in [0.15, 0.2) is 0 Å². The van der Waals surface area contributed by atoms with Crippen LogP contribution in [0.15, 0.2) is 16.5 Å². The maximum Gasteiger partial charge on any atom is 0.227 e. The third-order valence-corrected chi connectivity index (χ3v) is 3.90. The second-order valence-corrected chi connectivity index (χ2v) is 5.51. The maximum atomic E-state index is 12.5. The molecule has 0 aliphatic carbocycles. The highest BCUT2D eigenvalue weighted by Gasteiger charge is 2.38. The van der Waals surface area contributed by atoms with Crippen LogP contribution >= 0.6 is 0 Å². The number of hydrogen-bond acceptors (Lipinski definition) is 3. The molecule has 1 aliphatic rings. The van der Waals surface area contributed by atoms with Gasteiger partial charge >= 0.3 is 0 Å². The van der Waals surface area contributed by atoms with Gasteiger partial charge < -0.3 is 15.1 Å². The quantitative estimate of drug-likeness (QED) is 0.858. The number of hydrogen-bond donors (Lipinski definition) is 2. The summed E-state index contributed by atoms with van der Waals surface area (Å²) in [5.74, 6) is 1.86. The molecule has 1 aromatic rings. The lowest BCUT2D eigenvalue weighted by molar-refractivity contribution is -0.132. The minimum atomic E-state index is -0.228. The van der Waals surface area contributed by atoms with E-state index in [1.54, 1.807) is 0 Å². The normalized spacial score (nSPS) is 23.3. The molecular weight excluding hydrogens is 240 g/mol. The van der Waals surface area contributed by atoms with Crippen LogP contribution in [-0.2, 0) is 11.3 Å². The van der Waals surface area contributed by atoms with Gasteiger partial charge in [-0.2, -0.15) is 0 Å². The summed E-state index contributed by atoms with van der Waals surface area (Å²) in [6.07, 6.45) is 4.04. The highest BCUT2D eigenvalue weighted by Crippen LogP contribution is 2.31. The minimum Gasteiger partial charge on any atom is -0.465 e. The number of furan rings is 1. The number of aryl methyl sites for hydroxylation is 1. The SMILES string of the molecule is CCCC1(C(=O)NCc2ccc(C)o2)CCCNC1. The summed E-state index contributed by atoms with van der Waals surface area (Å²) in [7, 11) is 0. The van der Waals surface area contributed by atoms with Crippen molar-refractivity contribution in [3.8, 4) is 0 Å². The fourth-order valence-corrected chi connectivity index (χ4v) is 2.90. The van der Waals surface area contributed by atoms with E-state index in [1.807, 2.05) is 19.1 Å². The van der Waals surface area contributed by atoms with E-state index < -0.39 is 0 Å². The third kappa shape index (κ3) is 3.38. The number of carbonyl (C=O) groups is 1. The van der Waals surface area contributed by atoms with Gasteiger partial charge in [0.2, 0.25) is 5.91 Å². The van der Waals surface area contributed by atoms with Gasteiger partial charge in [-0.05, 0) is 44.9 Å². The van der Waals surface area contributed by atoms with Gasteiger partial charge in [0, 0.05) is 6.54 Å². The largest absolute Gasteiger partial charge is 0.465 e. The van der Waals surface area contributed by atoms with Crippen LogP contribution in [0.2, 0.25) is 0 Å². The van der Waals surface area contributed by atoms with Gasteiger partial charge in [0.05, 0.1) is 12.0 Å². The van der Waals surface area contributed by atoms with E-state index in [1.165, 1.54) is 0 Å². The molecule has 0 radical (unpaired) electrons. The molecule has 106 valence electrons. The van der Waals surface area contributed by atoms with Crippen LogP contribution in [0, 0.1) is 12.3 Å². The van der Waals surface area contributed by atoms with Crippen molar-refractivity contribution in [2.75, 3.05) is 13.1 Å².